The van der Waals surface area contributed by atoms with E-state index in [4.69, 9.17) is 5.26 Å². The topological polar surface area (TPSA) is 35.8 Å². The van der Waals surface area contributed by atoms with Gasteiger partial charge in [0.25, 0.3) is 0 Å². The summed E-state index contributed by atoms with van der Waals surface area (Å²) < 4.78 is 0. The van der Waals surface area contributed by atoms with Gasteiger partial charge in [-0.1, -0.05) is 30.3 Å². The van der Waals surface area contributed by atoms with Gasteiger partial charge in [0.05, 0.1) is 6.07 Å². The Morgan fingerprint density at radius 1 is 1.33 bits per heavy atom. The molecule has 0 saturated carbocycles. The minimum atomic E-state index is 0.443. The Morgan fingerprint density at radius 2 is 2.13 bits per heavy atom. The van der Waals surface area contributed by atoms with Crippen molar-refractivity contribution in [3.05, 3.63) is 35.9 Å². The van der Waals surface area contributed by atoms with Crippen LogP contribution in [0.3, 0.4) is 0 Å². The van der Waals surface area contributed by atoms with Gasteiger partial charge in [0, 0.05) is 12.5 Å². The zero-order chi connectivity index (χ0) is 10.5. The maximum Gasteiger partial charge on any atom is 0.0624 e. The molecule has 1 aromatic rings. The van der Waals surface area contributed by atoms with Gasteiger partial charge < -0.3 is 5.32 Å². The molecule has 1 fully saturated rings. The molecule has 1 heterocycles. The van der Waals surface area contributed by atoms with E-state index in [2.05, 4.69) is 35.7 Å². The van der Waals surface area contributed by atoms with Gasteiger partial charge in [0.15, 0.2) is 0 Å². The number of hydrogen-bond donors (Lipinski definition) is 1. The van der Waals surface area contributed by atoms with E-state index >= 15 is 0 Å². The van der Waals surface area contributed by atoms with E-state index in [0.717, 1.165) is 19.4 Å². The molecule has 2 rings (SSSR count). The summed E-state index contributed by atoms with van der Waals surface area (Å²) in [6, 6.07) is 13.2. The minimum Gasteiger partial charge on any atom is -0.310 e. The Kier molecular flexibility index (Phi) is 3.37. The van der Waals surface area contributed by atoms with Crippen molar-refractivity contribution in [2.45, 2.75) is 25.3 Å². The normalized spacial score (nSPS) is 25.8. The molecule has 0 unspecified atom stereocenters. The predicted octanol–water partition coefficient (Wildman–Crippen LogP) is 2.64. The Labute approximate surface area is 90.9 Å². The van der Waals surface area contributed by atoms with Crippen molar-refractivity contribution in [3.63, 3.8) is 0 Å². The molecular formula is C13H16N2. The standard InChI is InChI=1S/C13H16N2/c14-8-6-11-7-9-15-13(10-11)12-4-2-1-3-5-12/h1-5,11,13,15H,6-7,9-10H2/t11-,13+/m0/s1. The monoisotopic (exact) mass is 200 g/mol. The van der Waals surface area contributed by atoms with Crippen molar-refractivity contribution in [1.82, 2.24) is 5.32 Å². The van der Waals surface area contributed by atoms with E-state index in [-0.39, 0.29) is 0 Å². The molecule has 78 valence electrons. The third-order valence-corrected chi connectivity index (χ3v) is 3.09. The summed E-state index contributed by atoms with van der Waals surface area (Å²) in [5.41, 5.74) is 1.35. The second kappa shape index (κ2) is 4.95. The van der Waals surface area contributed by atoms with Crippen LogP contribution in [0.15, 0.2) is 30.3 Å². The quantitative estimate of drug-likeness (QED) is 0.796. The lowest BCUT2D eigenvalue weighted by Gasteiger charge is -2.29. The molecule has 0 aliphatic carbocycles. The second-order valence-electron chi connectivity index (χ2n) is 4.17. The van der Waals surface area contributed by atoms with Gasteiger partial charge in [-0.25, -0.2) is 0 Å². The molecule has 2 atom stereocenters. The van der Waals surface area contributed by atoms with Gasteiger partial charge in [-0.05, 0) is 30.9 Å². The Bertz CT molecular complexity index is 339. The van der Waals surface area contributed by atoms with Crippen LogP contribution in [0.5, 0.6) is 0 Å². The lowest BCUT2D eigenvalue weighted by Crippen LogP contribution is -2.31. The number of nitrogens with zero attached hydrogens (tertiary/aromatic N) is 1. The van der Waals surface area contributed by atoms with E-state index in [9.17, 15) is 0 Å². The van der Waals surface area contributed by atoms with Crippen LogP contribution < -0.4 is 5.32 Å². The van der Waals surface area contributed by atoms with Gasteiger partial charge in [-0.15, -0.1) is 0 Å². The van der Waals surface area contributed by atoms with Crippen LogP contribution >= 0.6 is 0 Å². The average Bonchev–Trinajstić information content (AvgIpc) is 2.31. The molecular weight excluding hydrogens is 184 g/mol. The third kappa shape index (κ3) is 2.57. The number of hydrogen-bond acceptors (Lipinski definition) is 2. The Morgan fingerprint density at radius 3 is 2.87 bits per heavy atom. The first-order valence-corrected chi connectivity index (χ1v) is 5.55. The van der Waals surface area contributed by atoms with Gasteiger partial charge in [0.2, 0.25) is 0 Å². The summed E-state index contributed by atoms with van der Waals surface area (Å²) in [6.07, 6.45) is 2.93. The minimum absolute atomic E-state index is 0.443. The van der Waals surface area contributed by atoms with Crippen molar-refractivity contribution < 1.29 is 0 Å². The van der Waals surface area contributed by atoms with Gasteiger partial charge in [0.1, 0.15) is 0 Å². The molecule has 1 aromatic carbocycles. The number of piperidine rings is 1. The molecule has 0 aromatic heterocycles. The van der Waals surface area contributed by atoms with Gasteiger partial charge in [-0.2, -0.15) is 5.26 Å². The van der Waals surface area contributed by atoms with Crippen LogP contribution in [-0.2, 0) is 0 Å². The van der Waals surface area contributed by atoms with E-state index in [0.29, 0.717) is 18.4 Å². The molecule has 0 amide bonds. The van der Waals surface area contributed by atoms with Crippen LogP contribution in [0.4, 0.5) is 0 Å². The van der Waals surface area contributed by atoms with Crippen molar-refractivity contribution in [2.75, 3.05) is 6.54 Å². The molecule has 2 heteroatoms. The van der Waals surface area contributed by atoms with E-state index in [1.165, 1.54) is 5.56 Å². The highest BCUT2D eigenvalue weighted by molar-refractivity contribution is 5.19. The van der Waals surface area contributed by atoms with E-state index in [1.54, 1.807) is 0 Å². The highest BCUT2D eigenvalue weighted by atomic mass is 14.9. The molecule has 1 aliphatic rings. The van der Waals surface area contributed by atoms with Crippen LogP contribution in [0.25, 0.3) is 0 Å². The zero-order valence-corrected chi connectivity index (χ0v) is 8.82. The third-order valence-electron chi connectivity index (χ3n) is 3.09. The molecule has 0 bridgehead atoms. The summed E-state index contributed by atoms with van der Waals surface area (Å²) in [5.74, 6) is 0.571. The van der Waals surface area contributed by atoms with E-state index < -0.39 is 0 Å². The number of nitriles is 1. The Hall–Kier alpha value is -1.33. The summed E-state index contributed by atoms with van der Waals surface area (Å²) >= 11 is 0. The number of nitrogens with one attached hydrogen (secondary N) is 1. The predicted molar refractivity (Wildman–Crippen MR) is 60.1 cm³/mol. The summed E-state index contributed by atoms with van der Waals surface area (Å²) in [5, 5.41) is 12.2. The fourth-order valence-electron chi connectivity index (χ4n) is 2.25. The Balaban J connectivity index is 2.02. The largest absolute Gasteiger partial charge is 0.310 e. The molecule has 15 heavy (non-hydrogen) atoms. The first-order chi connectivity index (χ1) is 7.40. The van der Waals surface area contributed by atoms with Crippen molar-refractivity contribution in [2.24, 2.45) is 5.92 Å². The fourth-order valence-corrected chi connectivity index (χ4v) is 2.25. The molecule has 1 N–H and O–H groups in total. The average molecular weight is 200 g/mol. The lowest BCUT2D eigenvalue weighted by molar-refractivity contribution is 0.310. The van der Waals surface area contributed by atoms with Crippen molar-refractivity contribution >= 4 is 0 Å². The van der Waals surface area contributed by atoms with Crippen LogP contribution in [0, 0.1) is 17.2 Å². The van der Waals surface area contributed by atoms with Gasteiger partial charge >= 0.3 is 0 Å². The fraction of sp³-hybridized carbons (Fsp3) is 0.462. The highest BCUT2D eigenvalue weighted by Gasteiger charge is 2.21. The van der Waals surface area contributed by atoms with Gasteiger partial charge in [-0.3, -0.25) is 0 Å². The van der Waals surface area contributed by atoms with E-state index in [1.807, 2.05) is 6.07 Å². The van der Waals surface area contributed by atoms with Crippen LogP contribution in [-0.4, -0.2) is 6.54 Å². The summed E-state index contributed by atoms with van der Waals surface area (Å²) in [7, 11) is 0. The lowest BCUT2D eigenvalue weighted by atomic mass is 9.87. The highest BCUT2D eigenvalue weighted by Crippen LogP contribution is 2.28. The molecule has 0 radical (unpaired) electrons. The molecule has 1 aliphatic heterocycles. The molecule has 1 saturated heterocycles. The first-order valence-electron chi connectivity index (χ1n) is 5.55. The van der Waals surface area contributed by atoms with Crippen molar-refractivity contribution in [1.29, 1.82) is 5.26 Å². The molecule has 0 spiro atoms. The first kappa shape index (κ1) is 10.2. The van der Waals surface area contributed by atoms with Crippen LogP contribution in [0.1, 0.15) is 30.9 Å². The number of benzene rings is 1. The summed E-state index contributed by atoms with van der Waals surface area (Å²) in [6.45, 7) is 1.03. The smallest absolute Gasteiger partial charge is 0.0624 e. The number of rotatable bonds is 2. The zero-order valence-electron chi connectivity index (χ0n) is 8.82. The maximum atomic E-state index is 8.70. The van der Waals surface area contributed by atoms with Crippen molar-refractivity contribution in [3.8, 4) is 6.07 Å². The SMILES string of the molecule is N#CC[C@H]1CCN[C@@H](c2ccccc2)C1. The second-order valence-corrected chi connectivity index (χ2v) is 4.17. The summed E-state index contributed by atoms with van der Waals surface area (Å²) in [4.78, 5) is 0. The maximum absolute atomic E-state index is 8.70. The molecule has 2 nitrogen and oxygen atoms in total. The van der Waals surface area contributed by atoms with Crippen LogP contribution in [0.2, 0.25) is 0 Å².